The van der Waals surface area contributed by atoms with Crippen LogP contribution >= 0.6 is 10.5 Å². The molecule has 0 aliphatic heterocycles. The SMILES string of the molecule is CC(C)c1ccccc1-c1cc2ccccc2[s+]1C(F)(F)F.F[B-](F)(F)F. The number of alkyl halides is 3. The van der Waals surface area contributed by atoms with Crippen molar-refractivity contribution in [3.8, 4) is 10.4 Å². The molecule has 0 radical (unpaired) electrons. The number of thiophene rings is 1. The number of rotatable bonds is 2. The predicted molar refractivity (Wildman–Crippen MR) is 97.4 cm³/mol. The fourth-order valence-electron chi connectivity index (χ4n) is 2.77. The third-order valence-corrected chi connectivity index (χ3v) is 5.78. The van der Waals surface area contributed by atoms with E-state index < -0.39 is 23.2 Å². The molecule has 1 aromatic heterocycles. The lowest BCUT2D eigenvalue weighted by Gasteiger charge is -2.10. The molecule has 1 atom stereocenters. The van der Waals surface area contributed by atoms with Gasteiger partial charge < -0.3 is 17.3 Å². The van der Waals surface area contributed by atoms with E-state index >= 15 is 0 Å². The molecule has 9 heteroatoms. The van der Waals surface area contributed by atoms with Gasteiger partial charge in [-0.3, -0.25) is 0 Å². The minimum atomic E-state index is -6.00. The molecule has 27 heavy (non-hydrogen) atoms. The Morgan fingerprint density at radius 1 is 0.852 bits per heavy atom. The summed E-state index contributed by atoms with van der Waals surface area (Å²) in [7, 11) is -7.87. The van der Waals surface area contributed by atoms with Crippen LogP contribution in [0.15, 0.2) is 54.6 Å². The molecule has 0 amide bonds. The number of benzene rings is 2. The summed E-state index contributed by atoms with van der Waals surface area (Å²) in [5.41, 5.74) is -2.58. The number of hydrogen-bond donors (Lipinski definition) is 0. The van der Waals surface area contributed by atoms with E-state index in [1.807, 2.05) is 32.0 Å². The molecule has 0 N–H and O–H groups in total. The lowest BCUT2D eigenvalue weighted by atomic mass is 9.96. The highest BCUT2D eigenvalue weighted by Crippen LogP contribution is 2.55. The normalized spacial score (nSPS) is 12.9. The van der Waals surface area contributed by atoms with Gasteiger partial charge in [0.15, 0.2) is 9.58 Å². The highest BCUT2D eigenvalue weighted by atomic mass is 32.2. The van der Waals surface area contributed by atoms with Gasteiger partial charge in [0, 0.05) is 17.0 Å². The van der Waals surface area contributed by atoms with Crippen LogP contribution in [-0.2, 0) is 5.51 Å². The quantitative estimate of drug-likeness (QED) is 0.228. The lowest BCUT2D eigenvalue weighted by Crippen LogP contribution is -2.02. The van der Waals surface area contributed by atoms with Crippen LogP contribution in [0.1, 0.15) is 25.3 Å². The van der Waals surface area contributed by atoms with Crippen molar-refractivity contribution in [2.75, 3.05) is 0 Å². The molecule has 0 saturated heterocycles. The molecular weight excluding hydrogens is 392 g/mol. The molecule has 0 aliphatic rings. The Morgan fingerprint density at radius 3 is 1.93 bits per heavy atom. The molecule has 0 spiro atoms. The van der Waals surface area contributed by atoms with E-state index in [2.05, 4.69) is 0 Å². The maximum atomic E-state index is 13.7. The maximum absolute atomic E-state index is 13.7. The standard InChI is InChI=1S/C18H16F3S.BF4/c1-12(2)14-8-4-5-9-15(14)17-11-13-7-3-6-10-16(13)22(17)18(19,20)21;2-1(3,4)5/h3-12H,1-2H3;/q+1;-1. The first kappa shape index (κ1) is 21.3. The van der Waals surface area contributed by atoms with E-state index in [1.54, 1.807) is 36.4 Å². The lowest BCUT2D eigenvalue weighted by molar-refractivity contribution is -0.0864. The predicted octanol–water partition coefficient (Wildman–Crippen LogP) is 8.16. The number of halogens is 7. The van der Waals surface area contributed by atoms with E-state index in [-0.39, 0.29) is 5.92 Å². The Bertz CT molecular complexity index is 904. The van der Waals surface area contributed by atoms with E-state index in [1.165, 1.54) is 0 Å². The first-order chi connectivity index (χ1) is 12.4. The molecule has 3 rings (SSSR count). The van der Waals surface area contributed by atoms with Crippen LogP contribution in [-0.4, -0.2) is 7.25 Å². The number of hydrogen-bond acceptors (Lipinski definition) is 0. The summed E-state index contributed by atoms with van der Waals surface area (Å²) in [6.45, 7) is 4.01. The third-order valence-electron chi connectivity index (χ3n) is 3.73. The van der Waals surface area contributed by atoms with Gasteiger partial charge in [0.2, 0.25) is 0 Å². The third kappa shape index (κ3) is 5.48. The summed E-state index contributed by atoms with van der Waals surface area (Å²) in [4.78, 5) is 0.387. The van der Waals surface area contributed by atoms with Gasteiger partial charge in [0.05, 0.1) is 0 Å². The largest absolute Gasteiger partial charge is 0.673 e. The highest BCUT2D eigenvalue weighted by molar-refractivity contribution is 7.41. The van der Waals surface area contributed by atoms with Gasteiger partial charge in [-0.15, -0.1) is 13.2 Å². The van der Waals surface area contributed by atoms with Crippen molar-refractivity contribution in [1.82, 2.24) is 0 Å². The molecular formula is C18H16BF7S. The van der Waals surface area contributed by atoms with E-state index in [9.17, 15) is 30.4 Å². The molecule has 2 aromatic carbocycles. The van der Waals surface area contributed by atoms with Gasteiger partial charge in [-0.2, -0.15) is 0 Å². The van der Waals surface area contributed by atoms with Gasteiger partial charge in [0.1, 0.15) is 10.5 Å². The average Bonchev–Trinajstić information content (AvgIpc) is 2.92. The first-order valence-corrected chi connectivity index (χ1v) is 9.20. The van der Waals surface area contributed by atoms with Crippen molar-refractivity contribution >= 4 is 27.8 Å². The Morgan fingerprint density at radius 2 is 1.37 bits per heavy atom. The van der Waals surface area contributed by atoms with Crippen LogP contribution < -0.4 is 0 Å². The molecule has 0 bridgehead atoms. The number of fused-ring (bicyclic) bond motifs is 1. The molecule has 3 aromatic rings. The molecule has 0 saturated carbocycles. The van der Waals surface area contributed by atoms with Crippen LogP contribution in [0.3, 0.4) is 0 Å². The fraction of sp³-hybridized carbons (Fsp3) is 0.222. The Balaban J connectivity index is 0.000000465. The van der Waals surface area contributed by atoms with E-state index in [4.69, 9.17) is 0 Å². The topological polar surface area (TPSA) is 0 Å². The molecule has 0 aliphatic carbocycles. The Kier molecular flexibility index (Phi) is 6.24. The summed E-state index contributed by atoms with van der Waals surface area (Å²) in [6, 6.07) is 15.9. The van der Waals surface area contributed by atoms with Crippen molar-refractivity contribution in [3.05, 3.63) is 60.2 Å². The van der Waals surface area contributed by atoms with Crippen LogP contribution in [0.2, 0.25) is 0 Å². The smallest absolute Gasteiger partial charge is 0.418 e. The zero-order chi connectivity index (χ0) is 20.4. The van der Waals surface area contributed by atoms with Gasteiger partial charge in [-0.25, -0.2) is 0 Å². The minimum absolute atomic E-state index is 0.180. The van der Waals surface area contributed by atoms with Gasteiger partial charge in [-0.1, -0.05) is 44.2 Å². The van der Waals surface area contributed by atoms with Gasteiger partial charge >= 0.3 is 12.8 Å². The Labute approximate surface area is 154 Å². The van der Waals surface area contributed by atoms with E-state index in [0.717, 1.165) is 5.56 Å². The summed E-state index contributed by atoms with van der Waals surface area (Å²) in [5, 5.41) is 0.678. The zero-order valence-corrected chi connectivity index (χ0v) is 15.2. The van der Waals surface area contributed by atoms with Crippen molar-refractivity contribution < 1.29 is 30.4 Å². The summed E-state index contributed by atoms with van der Waals surface area (Å²) >= 11 is 0. The second-order valence-electron chi connectivity index (χ2n) is 6.04. The van der Waals surface area contributed by atoms with E-state index in [0.29, 0.717) is 20.5 Å². The van der Waals surface area contributed by atoms with Crippen molar-refractivity contribution in [2.24, 2.45) is 0 Å². The molecule has 0 fully saturated rings. The van der Waals surface area contributed by atoms with Crippen molar-refractivity contribution in [3.63, 3.8) is 0 Å². The van der Waals surface area contributed by atoms with Crippen molar-refractivity contribution in [1.29, 1.82) is 0 Å². The summed E-state index contributed by atoms with van der Waals surface area (Å²) in [6.07, 6.45) is 0. The minimum Gasteiger partial charge on any atom is -0.418 e. The molecule has 0 nitrogen and oxygen atoms in total. The highest BCUT2D eigenvalue weighted by Gasteiger charge is 2.48. The summed E-state index contributed by atoms with van der Waals surface area (Å²) < 4.78 is 80.4. The zero-order valence-electron chi connectivity index (χ0n) is 14.4. The average molecular weight is 408 g/mol. The van der Waals surface area contributed by atoms with Crippen LogP contribution in [0.5, 0.6) is 0 Å². The van der Waals surface area contributed by atoms with Crippen molar-refractivity contribution in [2.45, 2.75) is 25.3 Å². The molecule has 1 unspecified atom stereocenters. The maximum Gasteiger partial charge on any atom is 0.673 e. The second kappa shape index (κ2) is 7.92. The van der Waals surface area contributed by atoms with Crippen LogP contribution in [0, 0.1) is 0 Å². The van der Waals surface area contributed by atoms with Gasteiger partial charge in [0.25, 0.3) is 0 Å². The monoisotopic (exact) mass is 408 g/mol. The fourth-order valence-corrected chi connectivity index (χ4v) is 4.73. The van der Waals surface area contributed by atoms with Crippen LogP contribution in [0.25, 0.3) is 20.5 Å². The first-order valence-electron chi connectivity index (χ1n) is 7.98. The Hall–Kier alpha value is -2.03. The van der Waals surface area contributed by atoms with Gasteiger partial charge in [-0.05, 0) is 29.7 Å². The molecule has 146 valence electrons. The second-order valence-corrected chi connectivity index (χ2v) is 7.99. The summed E-state index contributed by atoms with van der Waals surface area (Å²) in [5.74, 6) is 0.180. The van der Waals surface area contributed by atoms with Crippen LogP contribution in [0.4, 0.5) is 30.4 Å². The molecule has 1 heterocycles.